The van der Waals surface area contributed by atoms with Crippen molar-refractivity contribution < 1.29 is 43.1 Å². The SMILES string of the molecule is COc1cc2c3c(c4cc(OC)c(OC)cc4c2cc1OC)C(c1cc(OC)c(O)c(OC)c1)C1=C(COC1=O)N3. The molecule has 2 aliphatic rings. The minimum atomic E-state index is -0.613. The van der Waals surface area contributed by atoms with Gasteiger partial charge in [0.2, 0.25) is 5.75 Å². The number of benzene rings is 4. The number of rotatable bonds is 7. The van der Waals surface area contributed by atoms with Gasteiger partial charge < -0.3 is 43.6 Å². The van der Waals surface area contributed by atoms with Crippen LogP contribution in [0.4, 0.5) is 5.69 Å². The Morgan fingerprint density at radius 2 is 1.15 bits per heavy atom. The highest BCUT2D eigenvalue weighted by Gasteiger charge is 2.41. The first-order valence-corrected chi connectivity index (χ1v) is 12.8. The van der Waals surface area contributed by atoms with Gasteiger partial charge in [-0.1, -0.05) is 0 Å². The second kappa shape index (κ2) is 9.88. The Morgan fingerprint density at radius 3 is 1.66 bits per heavy atom. The van der Waals surface area contributed by atoms with Gasteiger partial charge in [-0.3, -0.25) is 0 Å². The number of methoxy groups -OCH3 is 6. The third-order valence-corrected chi connectivity index (χ3v) is 7.75. The average Bonchev–Trinajstić information content (AvgIpc) is 3.38. The number of cyclic esters (lactones) is 1. The number of hydrogen-bond acceptors (Lipinski definition) is 10. The fourth-order valence-corrected chi connectivity index (χ4v) is 5.87. The van der Waals surface area contributed by atoms with Crippen LogP contribution >= 0.6 is 0 Å². The lowest BCUT2D eigenvalue weighted by atomic mass is 9.77. The van der Waals surface area contributed by atoms with Crippen LogP contribution in [0.25, 0.3) is 21.5 Å². The molecule has 4 aromatic carbocycles. The van der Waals surface area contributed by atoms with E-state index in [1.807, 2.05) is 24.3 Å². The fourth-order valence-electron chi connectivity index (χ4n) is 5.87. The Morgan fingerprint density at radius 1 is 0.683 bits per heavy atom. The monoisotopic (exact) mass is 559 g/mol. The quantitative estimate of drug-likeness (QED) is 0.234. The Labute approximate surface area is 235 Å². The van der Waals surface area contributed by atoms with Crippen LogP contribution in [0.3, 0.4) is 0 Å². The first-order valence-electron chi connectivity index (χ1n) is 12.8. The van der Waals surface area contributed by atoms with Crippen molar-refractivity contribution in [3.05, 3.63) is 58.8 Å². The van der Waals surface area contributed by atoms with Gasteiger partial charge in [0.05, 0.1) is 59.6 Å². The van der Waals surface area contributed by atoms with Crippen LogP contribution in [0, 0.1) is 0 Å². The smallest absolute Gasteiger partial charge is 0.337 e. The topological polar surface area (TPSA) is 114 Å². The highest BCUT2D eigenvalue weighted by molar-refractivity contribution is 6.19. The molecule has 10 heteroatoms. The Balaban J connectivity index is 1.81. The molecule has 0 fully saturated rings. The molecule has 1 unspecified atom stereocenters. The van der Waals surface area contributed by atoms with Crippen molar-refractivity contribution in [3.8, 4) is 40.2 Å². The maximum absolute atomic E-state index is 13.3. The number of hydrogen-bond donors (Lipinski definition) is 2. The molecule has 10 nitrogen and oxygen atoms in total. The van der Waals surface area contributed by atoms with Crippen molar-refractivity contribution in [1.29, 1.82) is 0 Å². The van der Waals surface area contributed by atoms with Crippen molar-refractivity contribution in [2.24, 2.45) is 0 Å². The van der Waals surface area contributed by atoms with Crippen LogP contribution in [0.5, 0.6) is 40.2 Å². The Kier molecular flexibility index (Phi) is 6.33. The highest BCUT2D eigenvalue weighted by atomic mass is 16.5. The van der Waals surface area contributed by atoms with E-state index in [2.05, 4.69) is 5.32 Å². The first-order chi connectivity index (χ1) is 19.9. The van der Waals surface area contributed by atoms with Crippen LogP contribution in [-0.4, -0.2) is 60.3 Å². The molecule has 41 heavy (non-hydrogen) atoms. The van der Waals surface area contributed by atoms with E-state index in [1.54, 1.807) is 40.6 Å². The van der Waals surface area contributed by atoms with Gasteiger partial charge in [-0.25, -0.2) is 4.79 Å². The largest absolute Gasteiger partial charge is 0.502 e. The predicted octanol–water partition coefficient (Wildman–Crippen LogP) is 5.12. The predicted molar refractivity (Wildman–Crippen MR) is 152 cm³/mol. The number of ether oxygens (including phenoxy) is 7. The van der Waals surface area contributed by atoms with E-state index < -0.39 is 11.9 Å². The van der Waals surface area contributed by atoms with Crippen molar-refractivity contribution in [2.75, 3.05) is 54.6 Å². The Hall–Kier alpha value is -4.99. The van der Waals surface area contributed by atoms with Crippen molar-refractivity contribution in [1.82, 2.24) is 0 Å². The second-order valence-electron chi connectivity index (χ2n) is 9.59. The minimum Gasteiger partial charge on any atom is -0.502 e. The van der Waals surface area contributed by atoms with Gasteiger partial charge >= 0.3 is 5.97 Å². The minimum absolute atomic E-state index is 0.0925. The van der Waals surface area contributed by atoms with E-state index >= 15 is 0 Å². The van der Waals surface area contributed by atoms with E-state index in [0.29, 0.717) is 39.8 Å². The summed E-state index contributed by atoms with van der Waals surface area (Å²) < 4.78 is 39.2. The number of fused-ring (bicyclic) bond motifs is 6. The molecular weight excluding hydrogens is 530 g/mol. The fraction of sp³-hybridized carbons (Fsp3) is 0.258. The molecule has 0 aliphatic carbocycles. The summed E-state index contributed by atoms with van der Waals surface area (Å²) in [6, 6.07) is 11.1. The summed E-state index contributed by atoms with van der Waals surface area (Å²) in [5.74, 6) is 1.42. The summed E-state index contributed by atoms with van der Waals surface area (Å²) in [5.41, 5.74) is 3.35. The summed E-state index contributed by atoms with van der Waals surface area (Å²) in [4.78, 5) is 13.3. The zero-order valence-electron chi connectivity index (χ0n) is 23.5. The molecule has 0 aromatic heterocycles. The lowest BCUT2D eigenvalue weighted by Gasteiger charge is -2.31. The number of phenols is 1. The third-order valence-electron chi connectivity index (χ3n) is 7.75. The first kappa shape index (κ1) is 26.2. The summed E-state index contributed by atoms with van der Waals surface area (Å²) in [6.07, 6.45) is 0. The summed E-state index contributed by atoms with van der Waals surface area (Å²) >= 11 is 0. The zero-order valence-corrected chi connectivity index (χ0v) is 23.5. The maximum atomic E-state index is 13.3. The number of carbonyl (C=O) groups is 1. The molecule has 0 saturated carbocycles. The normalized spacial score (nSPS) is 15.7. The number of nitrogens with one attached hydrogen (secondary N) is 1. The van der Waals surface area contributed by atoms with Crippen LogP contribution in [0.1, 0.15) is 17.0 Å². The second-order valence-corrected chi connectivity index (χ2v) is 9.59. The standard InChI is InChI=1S/C31H29NO9/c1-35-20-9-15-16-10-21(36-2)23(38-4)12-18(16)29-27(17(15)11-22(20)37-3)26(28-19(32-29)13-41-31(28)34)14-7-24(39-5)30(33)25(8-14)40-6/h7-12,26,32-33H,13H2,1-6H3. The molecule has 0 spiro atoms. The van der Waals surface area contributed by atoms with E-state index in [0.717, 1.165) is 32.8 Å². The molecule has 1 atom stereocenters. The lowest BCUT2D eigenvalue weighted by Crippen LogP contribution is -2.21. The molecule has 6 rings (SSSR count). The molecule has 0 saturated heterocycles. The molecular formula is C31H29NO9. The number of carbonyl (C=O) groups excluding carboxylic acids is 1. The average molecular weight is 560 g/mol. The molecule has 0 bridgehead atoms. The summed E-state index contributed by atoms with van der Waals surface area (Å²) in [6.45, 7) is 0.0925. The number of anilines is 1. The zero-order chi connectivity index (χ0) is 29.0. The number of phenolic OH excluding ortho intramolecular Hbond substituents is 1. The van der Waals surface area contributed by atoms with E-state index in [-0.39, 0.29) is 23.9 Å². The molecule has 2 N–H and O–H groups in total. The van der Waals surface area contributed by atoms with Crippen LogP contribution in [0.2, 0.25) is 0 Å². The van der Waals surface area contributed by atoms with Gasteiger partial charge in [0.25, 0.3) is 0 Å². The van der Waals surface area contributed by atoms with Gasteiger partial charge in [-0.2, -0.15) is 0 Å². The summed E-state index contributed by atoms with van der Waals surface area (Å²) in [5, 5.41) is 17.5. The van der Waals surface area contributed by atoms with E-state index in [1.165, 1.54) is 14.2 Å². The van der Waals surface area contributed by atoms with Gasteiger partial charge in [0, 0.05) is 11.3 Å². The molecule has 2 aliphatic heterocycles. The van der Waals surface area contributed by atoms with Gasteiger partial charge in [0.15, 0.2) is 34.5 Å². The Bertz CT molecular complexity index is 1750. The van der Waals surface area contributed by atoms with Crippen molar-refractivity contribution in [3.63, 3.8) is 0 Å². The summed E-state index contributed by atoms with van der Waals surface area (Å²) in [7, 11) is 9.25. The van der Waals surface area contributed by atoms with E-state index in [9.17, 15) is 9.90 Å². The van der Waals surface area contributed by atoms with Gasteiger partial charge in [-0.15, -0.1) is 0 Å². The van der Waals surface area contributed by atoms with Gasteiger partial charge in [-0.05, 0) is 63.7 Å². The number of esters is 1. The molecule has 0 amide bonds. The third kappa shape index (κ3) is 3.81. The maximum Gasteiger partial charge on any atom is 0.337 e. The van der Waals surface area contributed by atoms with Crippen molar-refractivity contribution >= 4 is 33.2 Å². The molecule has 4 aromatic rings. The van der Waals surface area contributed by atoms with Crippen LogP contribution in [-0.2, 0) is 9.53 Å². The van der Waals surface area contributed by atoms with Crippen LogP contribution in [0.15, 0.2) is 47.7 Å². The molecule has 0 radical (unpaired) electrons. The van der Waals surface area contributed by atoms with Crippen LogP contribution < -0.4 is 33.7 Å². The molecule has 212 valence electrons. The van der Waals surface area contributed by atoms with Crippen molar-refractivity contribution in [2.45, 2.75) is 5.92 Å². The lowest BCUT2D eigenvalue weighted by molar-refractivity contribution is -0.136. The van der Waals surface area contributed by atoms with Gasteiger partial charge in [0.1, 0.15) is 6.61 Å². The number of aromatic hydroxyl groups is 1. The molecule has 2 heterocycles. The highest BCUT2D eigenvalue weighted by Crippen LogP contribution is 2.54. The van der Waals surface area contributed by atoms with E-state index in [4.69, 9.17) is 33.2 Å².